The second-order valence-electron chi connectivity index (χ2n) is 8.75. The van der Waals surface area contributed by atoms with Crippen molar-refractivity contribution in [3.05, 3.63) is 10.5 Å². The lowest BCUT2D eigenvalue weighted by molar-refractivity contribution is 0.435. The van der Waals surface area contributed by atoms with Crippen molar-refractivity contribution in [2.24, 2.45) is 11.3 Å². The van der Waals surface area contributed by atoms with Crippen LogP contribution in [0.15, 0.2) is 10.5 Å². The highest BCUT2D eigenvalue weighted by Gasteiger charge is 2.43. The maximum Gasteiger partial charge on any atom is 0.193 e. The summed E-state index contributed by atoms with van der Waals surface area (Å²) in [5.41, 5.74) is 0.249. The summed E-state index contributed by atoms with van der Waals surface area (Å²) in [5, 5.41) is 0.350. The van der Waals surface area contributed by atoms with Crippen molar-refractivity contribution >= 4 is 22.6 Å². The first-order valence-corrected chi connectivity index (χ1v) is 9.23. The molecule has 0 aliphatic heterocycles. The third-order valence-corrected chi connectivity index (χ3v) is 6.00. The predicted molar refractivity (Wildman–Crippen MR) is 97.9 cm³/mol. The SMILES string of the molecule is CC(C)C(C)(C)B(/C(Br)=C/C(C)(C)C)C1CCCCC1. The second-order valence-corrected chi connectivity index (χ2v) is 9.66. The molecule has 0 radical (unpaired) electrons. The van der Waals surface area contributed by atoms with Gasteiger partial charge in [-0.05, 0) is 21.0 Å². The van der Waals surface area contributed by atoms with Gasteiger partial charge < -0.3 is 0 Å². The Balaban J connectivity index is 3.10. The highest BCUT2D eigenvalue weighted by molar-refractivity contribution is 9.12. The zero-order valence-electron chi connectivity index (χ0n) is 14.7. The Kier molecular flexibility index (Phi) is 6.44. The monoisotopic (exact) mass is 340 g/mol. The van der Waals surface area contributed by atoms with Crippen LogP contribution in [0.25, 0.3) is 0 Å². The van der Waals surface area contributed by atoms with Crippen LogP contribution in [0.4, 0.5) is 0 Å². The Hall–Kier alpha value is 0.285. The smallest absolute Gasteiger partial charge is 0.0779 e. The Morgan fingerprint density at radius 1 is 1.05 bits per heavy atom. The van der Waals surface area contributed by atoms with Gasteiger partial charge in [-0.25, -0.2) is 0 Å². The Labute approximate surface area is 136 Å². The molecule has 0 unspecified atom stereocenters. The molecule has 0 aromatic heterocycles. The number of rotatable bonds is 4. The quantitative estimate of drug-likeness (QED) is 0.478. The van der Waals surface area contributed by atoms with E-state index < -0.39 is 0 Å². The van der Waals surface area contributed by atoms with Crippen LogP contribution < -0.4 is 0 Å². The summed E-state index contributed by atoms with van der Waals surface area (Å²) in [6.07, 6.45) is 9.56. The molecule has 0 nitrogen and oxygen atoms in total. The molecule has 116 valence electrons. The number of hydrogen-bond acceptors (Lipinski definition) is 0. The third kappa shape index (κ3) is 4.93. The van der Waals surface area contributed by atoms with E-state index in [1.54, 1.807) is 0 Å². The van der Waals surface area contributed by atoms with Crippen molar-refractivity contribution in [3.63, 3.8) is 0 Å². The Morgan fingerprint density at radius 2 is 1.55 bits per heavy atom. The first kappa shape index (κ1) is 18.3. The highest BCUT2D eigenvalue weighted by atomic mass is 79.9. The van der Waals surface area contributed by atoms with E-state index in [-0.39, 0.29) is 5.41 Å². The molecule has 20 heavy (non-hydrogen) atoms. The van der Waals surface area contributed by atoms with Gasteiger partial charge in [-0.2, -0.15) is 0 Å². The van der Waals surface area contributed by atoms with Crippen LogP contribution in [-0.2, 0) is 0 Å². The van der Waals surface area contributed by atoms with Crippen LogP contribution >= 0.6 is 15.9 Å². The van der Waals surface area contributed by atoms with Gasteiger partial charge in [0.25, 0.3) is 0 Å². The van der Waals surface area contributed by atoms with E-state index in [9.17, 15) is 0 Å². The molecule has 0 aromatic rings. The molecule has 1 saturated carbocycles. The second kappa shape index (κ2) is 7.03. The molecule has 0 saturated heterocycles. The fourth-order valence-electron chi connectivity index (χ4n) is 3.52. The molecule has 0 aromatic carbocycles. The molecule has 2 heteroatoms. The maximum absolute atomic E-state index is 3.98. The molecule has 1 fully saturated rings. The first-order chi connectivity index (χ1) is 9.05. The average molecular weight is 341 g/mol. The maximum atomic E-state index is 3.98. The van der Waals surface area contributed by atoms with Gasteiger partial charge in [-0.3, -0.25) is 0 Å². The van der Waals surface area contributed by atoms with Crippen molar-refractivity contribution in [2.45, 2.75) is 91.7 Å². The van der Waals surface area contributed by atoms with Gasteiger partial charge in [-0.15, -0.1) is 0 Å². The molecule has 1 aliphatic carbocycles. The molecule has 1 aliphatic rings. The van der Waals surface area contributed by atoms with Crippen molar-refractivity contribution in [1.29, 1.82) is 0 Å². The summed E-state index contributed by atoms with van der Waals surface area (Å²) in [4.78, 5) is 0. The fourth-order valence-corrected chi connectivity index (χ4v) is 5.17. The largest absolute Gasteiger partial charge is 0.193 e. The van der Waals surface area contributed by atoms with Gasteiger partial charge in [-0.1, -0.05) is 108 Å². The normalized spacial score (nSPS) is 19.6. The summed E-state index contributed by atoms with van der Waals surface area (Å²) in [6, 6.07) is 0. The van der Waals surface area contributed by atoms with Crippen molar-refractivity contribution in [2.75, 3.05) is 0 Å². The lowest BCUT2D eigenvalue weighted by Gasteiger charge is -2.42. The van der Waals surface area contributed by atoms with E-state index in [0.717, 1.165) is 5.82 Å². The van der Waals surface area contributed by atoms with Crippen LogP contribution in [0.2, 0.25) is 11.1 Å². The van der Waals surface area contributed by atoms with Gasteiger partial charge in [0.2, 0.25) is 0 Å². The zero-order chi connectivity index (χ0) is 15.6. The molecule has 0 amide bonds. The van der Waals surface area contributed by atoms with Crippen LogP contribution in [0.1, 0.15) is 80.6 Å². The zero-order valence-corrected chi connectivity index (χ0v) is 16.3. The van der Waals surface area contributed by atoms with Crippen LogP contribution in [0.5, 0.6) is 0 Å². The standard InChI is InChI=1S/C18H34BBr/c1-14(2)18(6,7)19(15-11-9-8-10-12-15)16(20)13-17(3,4)5/h13-15H,8-12H2,1-7H3/b16-13-. The van der Waals surface area contributed by atoms with Crippen LogP contribution in [0.3, 0.4) is 0 Å². The Bertz CT molecular complexity index is 330. The summed E-state index contributed by atoms with van der Waals surface area (Å²) in [6.45, 7) is 17.3. The van der Waals surface area contributed by atoms with Gasteiger partial charge in [0.05, 0.1) is 0 Å². The van der Waals surface area contributed by atoms with Gasteiger partial charge >= 0.3 is 0 Å². The minimum absolute atomic E-state index is 0.249. The molecule has 0 heterocycles. The number of halogens is 1. The van der Waals surface area contributed by atoms with E-state index in [4.69, 9.17) is 0 Å². The van der Waals surface area contributed by atoms with Gasteiger partial charge in [0, 0.05) is 0 Å². The first-order valence-electron chi connectivity index (χ1n) is 8.44. The lowest BCUT2D eigenvalue weighted by atomic mass is 9.24. The van der Waals surface area contributed by atoms with E-state index in [2.05, 4.69) is 70.5 Å². The molecule has 0 bridgehead atoms. The minimum Gasteiger partial charge on any atom is -0.0779 e. The van der Waals surface area contributed by atoms with Crippen LogP contribution in [-0.4, -0.2) is 6.71 Å². The molecular formula is C18H34BBr. The molecule has 0 spiro atoms. The summed E-state index contributed by atoms with van der Waals surface area (Å²) in [7, 11) is 0. The van der Waals surface area contributed by atoms with Crippen molar-refractivity contribution in [1.82, 2.24) is 0 Å². The molecular weight excluding hydrogens is 307 g/mol. The van der Waals surface area contributed by atoms with Crippen molar-refractivity contribution in [3.8, 4) is 0 Å². The van der Waals surface area contributed by atoms with Crippen LogP contribution in [0, 0.1) is 11.3 Å². The average Bonchev–Trinajstić information content (AvgIpc) is 2.27. The van der Waals surface area contributed by atoms with E-state index in [0.29, 0.717) is 17.9 Å². The van der Waals surface area contributed by atoms with E-state index in [1.165, 1.54) is 36.5 Å². The molecule has 0 atom stereocenters. The summed E-state index contributed by atoms with van der Waals surface area (Å²) < 4.78 is 1.45. The molecule has 0 N–H and O–H groups in total. The number of allylic oxidation sites excluding steroid dienone is 1. The number of hydrogen-bond donors (Lipinski definition) is 0. The fraction of sp³-hybridized carbons (Fsp3) is 0.889. The summed E-state index contributed by atoms with van der Waals surface area (Å²) in [5.74, 6) is 1.56. The van der Waals surface area contributed by atoms with E-state index >= 15 is 0 Å². The van der Waals surface area contributed by atoms with Gasteiger partial charge in [0.15, 0.2) is 6.71 Å². The van der Waals surface area contributed by atoms with Gasteiger partial charge in [0.1, 0.15) is 0 Å². The summed E-state index contributed by atoms with van der Waals surface area (Å²) >= 11 is 3.98. The lowest BCUT2D eigenvalue weighted by Crippen LogP contribution is -2.38. The Morgan fingerprint density at radius 3 is 1.95 bits per heavy atom. The highest BCUT2D eigenvalue weighted by Crippen LogP contribution is 2.50. The topological polar surface area (TPSA) is 0 Å². The predicted octanol–water partition coefficient (Wildman–Crippen LogP) is 7.12. The van der Waals surface area contributed by atoms with E-state index in [1.807, 2.05) is 0 Å². The minimum atomic E-state index is 0.249. The van der Waals surface area contributed by atoms with Crippen molar-refractivity contribution < 1.29 is 0 Å². The third-order valence-electron chi connectivity index (χ3n) is 5.28. The molecule has 1 rings (SSSR count).